The number of hydrogen-bond acceptors (Lipinski definition) is 4. The number of halogens is 4. The number of hydrogen-bond donors (Lipinski definition) is 1. The van der Waals surface area contributed by atoms with E-state index < -0.39 is 33.7 Å². The third kappa shape index (κ3) is 6.76. The van der Waals surface area contributed by atoms with Crippen molar-refractivity contribution in [2.75, 3.05) is 23.7 Å². The van der Waals surface area contributed by atoms with Gasteiger partial charge in [0.05, 0.1) is 24.1 Å². The first-order chi connectivity index (χ1) is 14.3. The number of ether oxygens (including phenoxy) is 1. The highest BCUT2D eigenvalue weighted by atomic mass is 35.5. The van der Waals surface area contributed by atoms with E-state index >= 15 is 0 Å². The number of nitrogens with one attached hydrogen (secondary N) is 1. The zero-order chi connectivity index (χ0) is 23.4. The van der Waals surface area contributed by atoms with Crippen LogP contribution in [0.1, 0.15) is 18.1 Å². The van der Waals surface area contributed by atoms with Crippen LogP contribution in [0, 0.1) is 6.92 Å². The van der Waals surface area contributed by atoms with Crippen LogP contribution in [0.5, 0.6) is 5.75 Å². The first-order valence-corrected chi connectivity index (χ1v) is 11.4. The van der Waals surface area contributed by atoms with Gasteiger partial charge in [-0.2, -0.15) is 13.2 Å². The normalized spacial score (nSPS) is 12.9. The zero-order valence-corrected chi connectivity index (χ0v) is 18.6. The number of amides is 1. The van der Waals surface area contributed by atoms with E-state index in [4.69, 9.17) is 16.3 Å². The van der Waals surface area contributed by atoms with E-state index in [2.05, 4.69) is 5.32 Å². The smallest absolute Gasteiger partial charge is 0.416 e. The van der Waals surface area contributed by atoms with Crippen LogP contribution in [0.3, 0.4) is 0 Å². The Bertz CT molecular complexity index is 1040. The summed E-state index contributed by atoms with van der Waals surface area (Å²) in [5.74, 6) is -0.187. The fourth-order valence-corrected chi connectivity index (χ4v) is 4.12. The molecule has 2 rings (SSSR count). The Morgan fingerprint density at radius 2 is 1.90 bits per heavy atom. The molecule has 0 aromatic heterocycles. The van der Waals surface area contributed by atoms with Crippen molar-refractivity contribution < 1.29 is 31.1 Å². The Hall–Kier alpha value is -2.46. The molecule has 0 fully saturated rings. The molecule has 31 heavy (non-hydrogen) atoms. The third-order valence-corrected chi connectivity index (χ3v) is 5.98. The van der Waals surface area contributed by atoms with Gasteiger partial charge in [-0.15, -0.1) is 0 Å². The van der Waals surface area contributed by atoms with Crippen molar-refractivity contribution in [3.05, 3.63) is 58.6 Å². The Balaban J connectivity index is 2.07. The molecule has 0 aliphatic heterocycles. The maximum absolute atomic E-state index is 13.0. The fourth-order valence-electron chi connectivity index (χ4n) is 2.78. The second-order valence-corrected chi connectivity index (χ2v) is 9.10. The molecule has 1 atom stereocenters. The highest BCUT2D eigenvalue weighted by molar-refractivity contribution is 7.92. The summed E-state index contributed by atoms with van der Waals surface area (Å²) in [6.07, 6.45) is -3.83. The summed E-state index contributed by atoms with van der Waals surface area (Å²) in [4.78, 5) is 12.5. The molecule has 0 aliphatic rings. The number of nitrogens with zero attached hydrogens (tertiary/aromatic N) is 1. The minimum Gasteiger partial charge on any atom is -0.492 e. The quantitative estimate of drug-likeness (QED) is 0.581. The maximum Gasteiger partial charge on any atom is 0.416 e. The Morgan fingerprint density at radius 1 is 1.23 bits per heavy atom. The molecule has 11 heteroatoms. The topological polar surface area (TPSA) is 75.7 Å². The van der Waals surface area contributed by atoms with Gasteiger partial charge in [0.15, 0.2) is 0 Å². The fraction of sp³-hybridized carbons (Fsp3) is 0.350. The van der Waals surface area contributed by atoms with Gasteiger partial charge in [-0.3, -0.25) is 9.10 Å². The molecule has 0 bridgehead atoms. The maximum atomic E-state index is 13.0. The molecule has 1 N–H and O–H groups in total. The molecule has 0 radical (unpaired) electrons. The van der Waals surface area contributed by atoms with Crippen molar-refractivity contribution in [2.45, 2.75) is 26.1 Å². The Morgan fingerprint density at radius 3 is 2.48 bits per heavy atom. The van der Waals surface area contributed by atoms with Gasteiger partial charge in [0, 0.05) is 5.02 Å². The van der Waals surface area contributed by atoms with Crippen LogP contribution < -0.4 is 14.4 Å². The van der Waals surface area contributed by atoms with E-state index in [0.29, 0.717) is 21.1 Å². The lowest BCUT2D eigenvalue weighted by atomic mass is 10.2. The molecule has 0 heterocycles. The van der Waals surface area contributed by atoms with Crippen LogP contribution in [-0.4, -0.2) is 39.8 Å². The van der Waals surface area contributed by atoms with E-state index in [-0.39, 0.29) is 18.8 Å². The van der Waals surface area contributed by atoms with E-state index in [0.717, 1.165) is 24.0 Å². The van der Waals surface area contributed by atoms with Gasteiger partial charge in [0.2, 0.25) is 15.9 Å². The van der Waals surface area contributed by atoms with E-state index in [1.54, 1.807) is 18.2 Å². The summed E-state index contributed by atoms with van der Waals surface area (Å²) < 4.78 is 69.6. The van der Waals surface area contributed by atoms with Gasteiger partial charge < -0.3 is 10.1 Å². The number of benzene rings is 2. The molecule has 0 aliphatic carbocycles. The highest BCUT2D eigenvalue weighted by Crippen LogP contribution is 2.32. The molecule has 0 saturated heterocycles. The Kier molecular flexibility index (Phi) is 7.82. The largest absolute Gasteiger partial charge is 0.492 e. The van der Waals surface area contributed by atoms with Crippen molar-refractivity contribution in [2.24, 2.45) is 0 Å². The Labute approximate surface area is 184 Å². The summed E-state index contributed by atoms with van der Waals surface area (Å²) in [6.45, 7) is 3.26. The van der Waals surface area contributed by atoms with Crippen molar-refractivity contribution >= 4 is 33.2 Å². The molecule has 2 aromatic carbocycles. The minimum atomic E-state index is -4.65. The number of aryl methyl sites for hydroxylation is 1. The average molecular weight is 479 g/mol. The lowest BCUT2D eigenvalue weighted by Gasteiger charge is -2.28. The van der Waals surface area contributed by atoms with Gasteiger partial charge in [0.1, 0.15) is 18.4 Å². The monoisotopic (exact) mass is 478 g/mol. The van der Waals surface area contributed by atoms with E-state index in [9.17, 15) is 26.4 Å². The average Bonchev–Trinajstić information content (AvgIpc) is 2.66. The molecular formula is C20H22ClF3N2O4S. The predicted molar refractivity (Wildman–Crippen MR) is 113 cm³/mol. The number of rotatable bonds is 8. The third-order valence-electron chi connectivity index (χ3n) is 4.33. The van der Waals surface area contributed by atoms with Gasteiger partial charge in [-0.25, -0.2) is 8.42 Å². The first-order valence-electron chi connectivity index (χ1n) is 9.14. The SMILES string of the molecule is Cc1ccc(OCCNC(=O)[C@@H](C)N(c2cccc(C(F)(F)F)c2)S(C)(=O)=O)cc1Cl. The second-order valence-electron chi connectivity index (χ2n) is 6.83. The molecule has 1 amide bonds. The van der Waals surface area contributed by atoms with Gasteiger partial charge in [-0.1, -0.05) is 23.7 Å². The number of sulfonamides is 1. The van der Waals surface area contributed by atoms with Crippen molar-refractivity contribution in [3.8, 4) is 5.75 Å². The van der Waals surface area contributed by atoms with E-state index in [1.807, 2.05) is 6.92 Å². The standard InChI is InChI=1S/C20H22ClF3N2O4S/c1-13-7-8-17(12-18(13)21)30-10-9-25-19(27)14(2)26(31(3,28)29)16-6-4-5-15(11-16)20(22,23)24/h4-8,11-12,14H,9-10H2,1-3H3,(H,25,27)/t14-/m1/s1. The molecule has 0 unspecified atom stereocenters. The van der Waals surface area contributed by atoms with Crippen molar-refractivity contribution in [3.63, 3.8) is 0 Å². The first kappa shape index (κ1) is 24.8. The molecule has 170 valence electrons. The molecular weight excluding hydrogens is 457 g/mol. The summed E-state index contributed by atoms with van der Waals surface area (Å²) >= 11 is 6.01. The van der Waals surface area contributed by atoms with Gasteiger partial charge >= 0.3 is 6.18 Å². The molecule has 2 aromatic rings. The van der Waals surface area contributed by atoms with Crippen molar-refractivity contribution in [1.82, 2.24) is 5.32 Å². The zero-order valence-electron chi connectivity index (χ0n) is 17.0. The predicted octanol–water partition coefficient (Wildman–Crippen LogP) is 4.02. The van der Waals surface area contributed by atoms with Gasteiger partial charge in [0.25, 0.3) is 0 Å². The number of anilines is 1. The van der Waals surface area contributed by atoms with Crippen LogP contribution in [0.25, 0.3) is 0 Å². The molecule has 6 nitrogen and oxygen atoms in total. The number of alkyl halides is 3. The summed E-state index contributed by atoms with van der Waals surface area (Å²) in [5, 5.41) is 3.05. The lowest BCUT2D eigenvalue weighted by molar-refractivity contribution is -0.137. The van der Waals surface area contributed by atoms with Crippen LogP contribution >= 0.6 is 11.6 Å². The van der Waals surface area contributed by atoms with Crippen LogP contribution in [-0.2, 0) is 21.0 Å². The van der Waals surface area contributed by atoms with E-state index in [1.165, 1.54) is 13.0 Å². The number of carbonyl (C=O) groups excluding carboxylic acids is 1. The lowest BCUT2D eigenvalue weighted by Crippen LogP contribution is -2.48. The van der Waals surface area contributed by atoms with Crippen LogP contribution in [0.4, 0.5) is 18.9 Å². The highest BCUT2D eigenvalue weighted by Gasteiger charge is 2.34. The van der Waals surface area contributed by atoms with Crippen LogP contribution in [0.2, 0.25) is 5.02 Å². The van der Waals surface area contributed by atoms with Crippen LogP contribution in [0.15, 0.2) is 42.5 Å². The molecule has 0 spiro atoms. The van der Waals surface area contributed by atoms with Crippen molar-refractivity contribution in [1.29, 1.82) is 0 Å². The number of carbonyl (C=O) groups is 1. The minimum absolute atomic E-state index is 0.0505. The summed E-state index contributed by atoms with van der Waals surface area (Å²) in [7, 11) is -4.05. The van der Waals surface area contributed by atoms with Gasteiger partial charge in [-0.05, 0) is 49.7 Å². The molecule has 0 saturated carbocycles. The second kappa shape index (κ2) is 9.78. The summed E-state index contributed by atoms with van der Waals surface area (Å²) in [5.41, 5.74) is -0.395. The summed E-state index contributed by atoms with van der Waals surface area (Å²) in [6, 6.07) is 7.62.